The third-order valence-electron chi connectivity index (χ3n) is 2.98. The minimum Gasteiger partial charge on any atom is -0.481 e. The van der Waals surface area contributed by atoms with Crippen LogP contribution in [0.2, 0.25) is 0 Å². The van der Waals surface area contributed by atoms with Crippen LogP contribution in [0, 0.1) is 0 Å². The Kier molecular flexibility index (Phi) is 2.41. The summed E-state index contributed by atoms with van der Waals surface area (Å²) >= 11 is 0. The summed E-state index contributed by atoms with van der Waals surface area (Å²) in [6, 6.07) is 17.4. The van der Waals surface area contributed by atoms with Crippen LogP contribution in [0.4, 0.5) is 0 Å². The van der Waals surface area contributed by atoms with Gasteiger partial charge < -0.3 is 4.74 Å². The standard InChI is InChI=1S/C15H12O2/c16-15-12-8-4-5-9-13(12)17-14(15)10-11-6-2-1-3-7-11/h1-9,14H,10H2/t14-/m0/s1. The molecule has 3 rings (SSSR count). The molecule has 0 aliphatic carbocycles. The fourth-order valence-corrected chi connectivity index (χ4v) is 2.12. The predicted octanol–water partition coefficient (Wildman–Crippen LogP) is 2.87. The highest BCUT2D eigenvalue weighted by atomic mass is 16.5. The van der Waals surface area contributed by atoms with Gasteiger partial charge in [-0.1, -0.05) is 42.5 Å². The molecule has 2 nitrogen and oxygen atoms in total. The minimum atomic E-state index is -0.366. The molecule has 0 aromatic heterocycles. The molecule has 0 unspecified atom stereocenters. The van der Waals surface area contributed by atoms with Crippen molar-refractivity contribution in [3.63, 3.8) is 0 Å². The highest BCUT2D eigenvalue weighted by molar-refractivity contribution is 6.04. The monoisotopic (exact) mass is 224 g/mol. The van der Waals surface area contributed by atoms with Crippen LogP contribution in [0.15, 0.2) is 54.6 Å². The number of hydrogen-bond donors (Lipinski definition) is 0. The lowest BCUT2D eigenvalue weighted by Crippen LogP contribution is -2.23. The first-order valence-electron chi connectivity index (χ1n) is 5.68. The van der Waals surface area contributed by atoms with E-state index in [0.29, 0.717) is 17.7 Å². The third kappa shape index (κ3) is 1.82. The second-order valence-corrected chi connectivity index (χ2v) is 4.16. The second-order valence-electron chi connectivity index (χ2n) is 4.16. The fourth-order valence-electron chi connectivity index (χ4n) is 2.12. The molecule has 0 radical (unpaired) electrons. The van der Waals surface area contributed by atoms with Crippen molar-refractivity contribution in [2.24, 2.45) is 0 Å². The van der Waals surface area contributed by atoms with Gasteiger partial charge in [0.15, 0.2) is 6.10 Å². The Balaban J connectivity index is 1.83. The second kappa shape index (κ2) is 4.06. The van der Waals surface area contributed by atoms with Gasteiger partial charge in [0.1, 0.15) is 5.75 Å². The van der Waals surface area contributed by atoms with Crippen LogP contribution in [-0.4, -0.2) is 11.9 Å². The van der Waals surface area contributed by atoms with E-state index in [4.69, 9.17) is 4.74 Å². The molecule has 0 saturated carbocycles. The van der Waals surface area contributed by atoms with Crippen LogP contribution >= 0.6 is 0 Å². The Morgan fingerprint density at radius 2 is 1.65 bits per heavy atom. The number of ether oxygens (including phenoxy) is 1. The molecule has 2 aromatic rings. The van der Waals surface area contributed by atoms with Crippen molar-refractivity contribution >= 4 is 5.78 Å². The van der Waals surface area contributed by atoms with E-state index < -0.39 is 0 Å². The number of benzene rings is 2. The van der Waals surface area contributed by atoms with Crippen molar-refractivity contribution in [3.05, 3.63) is 65.7 Å². The van der Waals surface area contributed by atoms with Crippen LogP contribution in [0.3, 0.4) is 0 Å². The quantitative estimate of drug-likeness (QED) is 0.784. The molecule has 0 fully saturated rings. The minimum absolute atomic E-state index is 0.0875. The Hall–Kier alpha value is -2.09. The van der Waals surface area contributed by atoms with Gasteiger partial charge in [-0.25, -0.2) is 0 Å². The molecule has 1 aliphatic heterocycles. The third-order valence-corrected chi connectivity index (χ3v) is 2.98. The average Bonchev–Trinajstić information content (AvgIpc) is 2.68. The summed E-state index contributed by atoms with van der Waals surface area (Å²) in [6.07, 6.45) is 0.267. The highest BCUT2D eigenvalue weighted by Gasteiger charge is 2.31. The maximum atomic E-state index is 12.1. The summed E-state index contributed by atoms with van der Waals surface area (Å²) < 4.78 is 5.67. The smallest absolute Gasteiger partial charge is 0.207 e. The van der Waals surface area contributed by atoms with E-state index in [-0.39, 0.29) is 11.9 Å². The van der Waals surface area contributed by atoms with Crippen LogP contribution in [-0.2, 0) is 6.42 Å². The van der Waals surface area contributed by atoms with Gasteiger partial charge in [0.2, 0.25) is 5.78 Å². The van der Waals surface area contributed by atoms with Crippen LogP contribution < -0.4 is 4.74 Å². The summed E-state index contributed by atoms with van der Waals surface area (Å²) in [5.41, 5.74) is 1.83. The molecule has 1 aliphatic rings. The van der Waals surface area contributed by atoms with Gasteiger partial charge in [-0.3, -0.25) is 4.79 Å². The van der Waals surface area contributed by atoms with Crippen molar-refractivity contribution < 1.29 is 9.53 Å². The maximum absolute atomic E-state index is 12.1. The molecule has 84 valence electrons. The van der Waals surface area contributed by atoms with Gasteiger partial charge in [0.05, 0.1) is 5.56 Å². The lowest BCUT2D eigenvalue weighted by atomic mass is 10.0. The lowest BCUT2D eigenvalue weighted by molar-refractivity contribution is 0.0858. The zero-order valence-electron chi connectivity index (χ0n) is 9.30. The first-order valence-corrected chi connectivity index (χ1v) is 5.68. The van der Waals surface area contributed by atoms with Gasteiger partial charge in [-0.05, 0) is 17.7 Å². The summed E-state index contributed by atoms with van der Waals surface area (Å²) in [5.74, 6) is 0.794. The number of carbonyl (C=O) groups excluding carboxylic acids is 1. The Morgan fingerprint density at radius 3 is 2.41 bits per heavy atom. The van der Waals surface area contributed by atoms with Gasteiger partial charge in [-0.2, -0.15) is 0 Å². The van der Waals surface area contributed by atoms with Crippen molar-refractivity contribution in [1.82, 2.24) is 0 Å². The number of ketones is 1. The normalized spacial score (nSPS) is 17.6. The molecule has 0 amide bonds. The largest absolute Gasteiger partial charge is 0.481 e. The molecule has 17 heavy (non-hydrogen) atoms. The Morgan fingerprint density at radius 1 is 0.941 bits per heavy atom. The topological polar surface area (TPSA) is 26.3 Å². The summed E-state index contributed by atoms with van der Waals surface area (Å²) in [7, 11) is 0. The van der Waals surface area contributed by atoms with Crippen molar-refractivity contribution in [1.29, 1.82) is 0 Å². The number of rotatable bonds is 2. The molecular formula is C15H12O2. The van der Waals surface area contributed by atoms with E-state index in [0.717, 1.165) is 5.56 Å². The first-order chi connectivity index (χ1) is 8.34. The van der Waals surface area contributed by atoms with Gasteiger partial charge in [-0.15, -0.1) is 0 Å². The molecule has 0 spiro atoms. The van der Waals surface area contributed by atoms with Crippen molar-refractivity contribution in [2.75, 3.05) is 0 Å². The summed E-state index contributed by atoms with van der Waals surface area (Å²) in [4.78, 5) is 12.1. The van der Waals surface area contributed by atoms with E-state index in [1.807, 2.05) is 54.6 Å². The van der Waals surface area contributed by atoms with Crippen molar-refractivity contribution in [3.8, 4) is 5.75 Å². The first kappa shape index (κ1) is 10.1. The summed E-state index contributed by atoms with van der Waals surface area (Å²) in [6.45, 7) is 0. The molecule has 0 saturated heterocycles. The number of para-hydroxylation sites is 1. The number of Topliss-reactive ketones (excluding diaryl/α,β-unsaturated/α-hetero) is 1. The molecule has 2 heteroatoms. The SMILES string of the molecule is O=C1c2ccccc2O[C@H]1Cc1ccccc1. The van der Waals surface area contributed by atoms with E-state index in [9.17, 15) is 4.79 Å². The van der Waals surface area contributed by atoms with Gasteiger partial charge >= 0.3 is 0 Å². The average molecular weight is 224 g/mol. The van der Waals surface area contributed by atoms with E-state index in [2.05, 4.69) is 0 Å². The number of carbonyl (C=O) groups is 1. The number of fused-ring (bicyclic) bond motifs is 1. The van der Waals surface area contributed by atoms with Crippen molar-refractivity contribution in [2.45, 2.75) is 12.5 Å². The lowest BCUT2D eigenvalue weighted by Gasteiger charge is -2.08. The predicted molar refractivity (Wildman–Crippen MR) is 65.3 cm³/mol. The molecule has 0 N–H and O–H groups in total. The zero-order valence-corrected chi connectivity index (χ0v) is 9.30. The van der Waals surface area contributed by atoms with Crippen LogP contribution in [0.25, 0.3) is 0 Å². The molecule has 1 heterocycles. The molecular weight excluding hydrogens is 212 g/mol. The van der Waals surface area contributed by atoms with E-state index >= 15 is 0 Å². The van der Waals surface area contributed by atoms with E-state index in [1.54, 1.807) is 0 Å². The zero-order chi connectivity index (χ0) is 11.7. The fraction of sp³-hybridized carbons (Fsp3) is 0.133. The van der Waals surface area contributed by atoms with Gasteiger partial charge in [0.25, 0.3) is 0 Å². The molecule has 0 bridgehead atoms. The Bertz CT molecular complexity index is 546. The maximum Gasteiger partial charge on any atom is 0.207 e. The van der Waals surface area contributed by atoms with E-state index in [1.165, 1.54) is 0 Å². The van der Waals surface area contributed by atoms with Crippen LogP contribution in [0.5, 0.6) is 5.75 Å². The van der Waals surface area contributed by atoms with Gasteiger partial charge in [0, 0.05) is 6.42 Å². The summed E-state index contributed by atoms with van der Waals surface area (Å²) in [5, 5.41) is 0. The number of hydrogen-bond acceptors (Lipinski definition) is 2. The van der Waals surface area contributed by atoms with Crippen LogP contribution in [0.1, 0.15) is 15.9 Å². The Labute approximate surface area is 99.9 Å². The highest BCUT2D eigenvalue weighted by Crippen LogP contribution is 2.29. The molecule has 2 aromatic carbocycles. The molecule has 1 atom stereocenters.